The molecule has 0 amide bonds. The first kappa shape index (κ1) is 12.0. The largest absolute Gasteiger partial charge is 0.395 e. The van der Waals surface area contributed by atoms with Gasteiger partial charge >= 0.3 is 0 Å². The Balaban J connectivity index is 2.49. The zero-order chi connectivity index (χ0) is 10.6. The summed E-state index contributed by atoms with van der Waals surface area (Å²) in [6, 6.07) is 0.277. The lowest BCUT2D eigenvalue weighted by Gasteiger charge is -2.33. The third-order valence-corrected chi connectivity index (χ3v) is 3.52. The second kappa shape index (κ2) is 5.10. The Morgan fingerprint density at radius 2 is 2.00 bits per heavy atom. The summed E-state index contributed by atoms with van der Waals surface area (Å²) >= 11 is 0. The Morgan fingerprint density at radius 3 is 2.50 bits per heavy atom. The molecule has 3 heteroatoms. The molecule has 1 saturated heterocycles. The Bertz CT molecular complexity index is 169. The van der Waals surface area contributed by atoms with Crippen molar-refractivity contribution in [2.75, 3.05) is 19.7 Å². The molecule has 0 aromatic heterocycles. The number of hydrogen-bond acceptors (Lipinski definition) is 3. The van der Waals surface area contributed by atoms with Crippen molar-refractivity contribution in [3.8, 4) is 0 Å². The monoisotopic (exact) mass is 201 g/mol. The zero-order valence-electron chi connectivity index (χ0n) is 9.37. The first-order valence-corrected chi connectivity index (χ1v) is 5.72. The third kappa shape index (κ3) is 2.69. The third-order valence-electron chi connectivity index (χ3n) is 3.52. The quantitative estimate of drug-likeness (QED) is 0.697. The molecule has 0 saturated carbocycles. The van der Waals surface area contributed by atoms with Crippen molar-refractivity contribution in [3.05, 3.63) is 0 Å². The molecule has 1 heterocycles. The molecule has 0 unspecified atom stereocenters. The van der Waals surface area contributed by atoms with E-state index in [1.807, 2.05) is 13.8 Å². The van der Waals surface area contributed by atoms with Crippen LogP contribution in [0.4, 0.5) is 0 Å². The smallest absolute Gasteiger partial charge is 0.0769 e. The number of aliphatic hydroxyl groups excluding tert-OH is 1. The molecule has 0 aromatic carbocycles. The van der Waals surface area contributed by atoms with E-state index in [9.17, 15) is 5.11 Å². The van der Waals surface area contributed by atoms with Crippen molar-refractivity contribution in [1.29, 1.82) is 0 Å². The lowest BCUT2D eigenvalue weighted by Crippen LogP contribution is -2.45. The maximum absolute atomic E-state index is 10.2. The van der Waals surface area contributed by atoms with Crippen molar-refractivity contribution in [3.63, 3.8) is 0 Å². The minimum Gasteiger partial charge on any atom is -0.395 e. The van der Waals surface area contributed by atoms with Gasteiger partial charge < -0.3 is 10.2 Å². The van der Waals surface area contributed by atoms with Crippen LogP contribution in [0.15, 0.2) is 0 Å². The number of β-amino-alcohol motifs (C(OH)–C–C–N with tert-alkyl or cyclic N) is 1. The zero-order valence-corrected chi connectivity index (χ0v) is 9.37. The first-order chi connectivity index (χ1) is 6.65. The fourth-order valence-electron chi connectivity index (χ4n) is 2.16. The van der Waals surface area contributed by atoms with Crippen LogP contribution < -0.4 is 0 Å². The molecule has 0 aromatic rings. The van der Waals surface area contributed by atoms with Gasteiger partial charge in [-0.2, -0.15) is 0 Å². The Hall–Kier alpha value is -0.120. The van der Waals surface area contributed by atoms with Gasteiger partial charge in [0, 0.05) is 12.6 Å². The van der Waals surface area contributed by atoms with Crippen LogP contribution in [0, 0.1) is 0 Å². The van der Waals surface area contributed by atoms with Gasteiger partial charge in [0.2, 0.25) is 0 Å². The van der Waals surface area contributed by atoms with E-state index in [1.165, 1.54) is 0 Å². The predicted octanol–water partition coefficient (Wildman–Crippen LogP) is 0.994. The van der Waals surface area contributed by atoms with Gasteiger partial charge in [-0.15, -0.1) is 0 Å². The molecule has 1 aliphatic rings. The molecular weight excluding hydrogens is 178 g/mol. The molecule has 0 spiro atoms. The second-order valence-electron chi connectivity index (χ2n) is 4.38. The van der Waals surface area contributed by atoms with Gasteiger partial charge in [-0.25, -0.2) is 0 Å². The van der Waals surface area contributed by atoms with E-state index < -0.39 is 5.60 Å². The molecule has 1 rings (SSSR count). The number of hydrogen-bond donors (Lipinski definition) is 2. The fourth-order valence-corrected chi connectivity index (χ4v) is 2.16. The lowest BCUT2D eigenvalue weighted by molar-refractivity contribution is -0.0120. The SMILES string of the molecule is CCC(O)(CC)CN1CCC[C@@H]1CO. The summed E-state index contributed by atoms with van der Waals surface area (Å²) < 4.78 is 0. The molecule has 3 nitrogen and oxygen atoms in total. The van der Waals surface area contributed by atoms with E-state index in [-0.39, 0.29) is 12.6 Å². The van der Waals surface area contributed by atoms with E-state index in [4.69, 9.17) is 5.11 Å². The highest BCUT2D eigenvalue weighted by atomic mass is 16.3. The highest BCUT2D eigenvalue weighted by Crippen LogP contribution is 2.23. The highest BCUT2D eigenvalue weighted by Gasteiger charge is 2.31. The van der Waals surface area contributed by atoms with Gasteiger partial charge in [0.25, 0.3) is 0 Å². The van der Waals surface area contributed by atoms with Crippen molar-refractivity contribution >= 4 is 0 Å². The first-order valence-electron chi connectivity index (χ1n) is 5.72. The molecular formula is C11H23NO2. The van der Waals surface area contributed by atoms with Gasteiger partial charge in [-0.05, 0) is 32.2 Å². The average Bonchev–Trinajstić information content (AvgIpc) is 2.65. The fraction of sp³-hybridized carbons (Fsp3) is 1.00. The summed E-state index contributed by atoms with van der Waals surface area (Å²) in [6.07, 6.45) is 3.80. The Labute approximate surface area is 86.7 Å². The van der Waals surface area contributed by atoms with Crippen molar-refractivity contribution in [2.24, 2.45) is 0 Å². The number of rotatable bonds is 5. The molecule has 1 aliphatic heterocycles. The van der Waals surface area contributed by atoms with Crippen LogP contribution in [0.3, 0.4) is 0 Å². The predicted molar refractivity (Wildman–Crippen MR) is 57.2 cm³/mol. The maximum Gasteiger partial charge on any atom is 0.0769 e. The van der Waals surface area contributed by atoms with Crippen LogP contribution in [0.1, 0.15) is 39.5 Å². The van der Waals surface area contributed by atoms with E-state index in [0.29, 0.717) is 6.54 Å². The average molecular weight is 201 g/mol. The van der Waals surface area contributed by atoms with E-state index in [0.717, 1.165) is 32.2 Å². The summed E-state index contributed by atoms with van der Waals surface area (Å²) in [4.78, 5) is 2.23. The number of likely N-dealkylation sites (tertiary alicyclic amines) is 1. The van der Waals surface area contributed by atoms with Crippen LogP contribution in [0.25, 0.3) is 0 Å². The van der Waals surface area contributed by atoms with Crippen molar-refractivity contribution in [1.82, 2.24) is 4.90 Å². The van der Waals surface area contributed by atoms with Gasteiger partial charge in [0.1, 0.15) is 0 Å². The maximum atomic E-state index is 10.2. The number of aliphatic hydroxyl groups is 2. The molecule has 0 radical (unpaired) electrons. The lowest BCUT2D eigenvalue weighted by atomic mass is 9.96. The van der Waals surface area contributed by atoms with Gasteiger partial charge in [0.05, 0.1) is 12.2 Å². The van der Waals surface area contributed by atoms with Crippen LogP contribution in [-0.4, -0.2) is 46.5 Å². The van der Waals surface area contributed by atoms with Crippen molar-refractivity contribution < 1.29 is 10.2 Å². The van der Waals surface area contributed by atoms with Crippen LogP contribution in [0.5, 0.6) is 0 Å². The van der Waals surface area contributed by atoms with Gasteiger partial charge in [-0.3, -0.25) is 4.90 Å². The standard InChI is InChI=1S/C11H23NO2/c1-3-11(14,4-2)9-12-7-5-6-10(12)8-13/h10,13-14H,3-9H2,1-2H3/t10-/m1/s1. The number of nitrogens with zero attached hydrogens (tertiary/aromatic N) is 1. The summed E-state index contributed by atoms with van der Waals surface area (Å²) in [5.41, 5.74) is -0.558. The van der Waals surface area contributed by atoms with E-state index in [1.54, 1.807) is 0 Å². The van der Waals surface area contributed by atoms with Crippen molar-refractivity contribution in [2.45, 2.75) is 51.2 Å². The van der Waals surface area contributed by atoms with E-state index >= 15 is 0 Å². The summed E-state index contributed by atoms with van der Waals surface area (Å²) in [5, 5.41) is 19.3. The molecule has 0 aliphatic carbocycles. The second-order valence-corrected chi connectivity index (χ2v) is 4.38. The minimum atomic E-state index is -0.558. The van der Waals surface area contributed by atoms with Gasteiger partial charge in [-0.1, -0.05) is 13.8 Å². The molecule has 14 heavy (non-hydrogen) atoms. The Kier molecular flexibility index (Phi) is 4.35. The summed E-state index contributed by atoms with van der Waals surface area (Å²) in [5.74, 6) is 0. The summed E-state index contributed by atoms with van der Waals surface area (Å²) in [7, 11) is 0. The summed E-state index contributed by atoms with van der Waals surface area (Å²) in [6.45, 7) is 6.00. The van der Waals surface area contributed by atoms with Gasteiger partial charge in [0.15, 0.2) is 0 Å². The van der Waals surface area contributed by atoms with Crippen LogP contribution in [0.2, 0.25) is 0 Å². The molecule has 0 bridgehead atoms. The van der Waals surface area contributed by atoms with Crippen LogP contribution in [-0.2, 0) is 0 Å². The van der Waals surface area contributed by atoms with Crippen LogP contribution >= 0.6 is 0 Å². The highest BCUT2D eigenvalue weighted by molar-refractivity contribution is 4.86. The molecule has 84 valence electrons. The topological polar surface area (TPSA) is 43.7 Å². The molecule has 1 fully saturated rings. The van der Waals surface area contributed by atoms with E-state index in [2.05, 4.69) is 4.90 Å². The normalized spacial score (nSPS) is 24.4. The Morgan fingerprint density at radius 1 is 1.36 bits per heavy atom. The molecule has 2 N–H and O–H groups in total. The minimum absolute atomic E-state index is 0.226. The molecule has 1 atom stereocenters.